The SMILES string of the molecule is CCCCCOc1ccc(Nc2nc(-c3c(C)cc(C)nc3C)cs2)cc1C(F)(F)F. The monoisotopic (exact) mass is 449 g/mol. The first-order valence-electron chi connectivity index (χ1n) is 10.2. The van der Waals surface area contributed by atoms with Gasteiger partial charge in [0.2, 0.25) is 0 Å². The molecule has 0 aliphatic heterocycles. The van der Waals surface area contributed by atoms with Gasteiger partial charge >= 0.3 is 6.18 Å². The molecule has 0 amide bonds. The van der Waals surface area contributed by atoms with Crippen molar-refractivity contribution in [3.63, 3.8) is 0 Å². The third kappa shape index (κ3) is 5.76. The highest BCUT2D eigenvalue weighted by molar-refractivity contribution is 7.14. The molecule has 3 rings (SSSR count). The number of ether oxygens (including phenoxy) is 1. The van der Waals surface area contributed by atoms with E-state index in [-0.39, 0.29) is 12.4 Å². The van der Waals surface area contributed by atoms with Crippen molar-refractivity contribution in [1.82, 2.24) is 9.97 Å². The van der Waals surface area contributed by atoms with Crippen LogP contribution < -0.4 is 10.1 Å². The van der Waals surface area contributed by atoms with Gasteiger partial charge in [0.25, 0.3) is 0 Å². The summed E-state index contributed by atoms with van der Waals surface area (Å²) in [4.78, 5) is 9.06. The van der Waals surface area contributed by atoms with Crippen LogP contribution >= 0.6 is 11.3 Å². The van der Waals surface area contributed by atoms with Crippen molar-refractivity contribution in [1.29, 1.82) is 0 Å². The van der Waals surface area contributed by atoms with Crippen LogP contribution in [0.3, 0.4) is 0 Å². The molecule has 0 aliphatic rings. The summed E-state index contributed by atoms with van der Waals surface area (Å²) in [7, 11) is 0. The van der Waals surface area contributed by atoms with Crippen molar-refractivity contribution in [2.45, 2.75) is 53.1 Å². The molecule has 2 aromatic heterocycles. The standard InChI is InChI=1S/C23H26F3N3OS/c1-5-6-7-10-30-20-9-8-17(12-18(20)23(24,25)26)28-22-29-19(13-31-22)21-14(2)11-15(3)27-16(21)4/h8-9,11-13H,5-7,10H2,1-4H3,(H,28,29). The van der Waals surface area contributed by atoms with Crippen LogP contribution in [-0.4, -0.2) is 16.6 Å². The third-order valence-corrected chi connectivity index (χ3v) is 5.59. The van der Waals surface area contributed by atoms with Crippen molar-refractivity contribution in [2.24, 2.45) is 0 Å². The van der Waals surface area contributed by atoms with Crippen molar-refractivity contribution in [3.05, 3.63) is 52.2 Å². The number of benzene rings is 1. The first-order chi connectivity index (χ1) is 14.7. The predicted octanol–water partition coefficient (Wildman–Crippen LogP) is 7.46. The number of aromatic nitrogens is 2. The van der Waals surface area contributed by atoms with Gasteiger partial charge in [-0.15, -0.1) is 11.3 Å². The van der Waals surface area contributed by atoms with Crippen LogP contribution in [0.5, 0.6) is 5.75 Å². The van der Waals surface area contributed by atoms with Crippen molar-refractivity contribution >= 4 is 22.2 Å². The van der Waals surface area contributed by atoms with E-state index in [4.69, 9.17) is 4.74 Å². The lowest BCUT2D eigenvalue weighted by atomic mass is 10.0. The Kier molecular flexibility index (Phi) is 7.20. The van der Waals surface area contributed by atoms with Gasteiger partial charge in [-0.25, -0.2) is 4.98 Å². The number of halogens is 3. The number of unbranched alkanes of at least 4 members (excludes halogenated alkanes) is 2. The zero-order valence-corrected chi connectivity index (χ0v) is 18.9. The van der Waals surface area contributed by atoms with E-state index < -0.39 is 11.7 Å². The predicted molar refractivity (Wildman–Crippen MR) is 119 cm³/mol. The number of thiazole rings is 1. The average Bonchev–Trinajstić information content (AvgIpc) is 3.12. The summed E-state index contributed by atoms with van der Waals surface area (Å²) in [6.45, 7) is 8.16. The number of alkyl halides is 3. The minimum atomic E-state index is -4.51. The molecular formula is C23H26F3N3OS. The molecule has 2 heterocycles. The van der Waals surface area contributed by atoms with E-state index in [1.165, 1.54) is 17.4 Å². The maximum atomic E-state index is 13.6. The van der Waals surface area contributed by atoms with Crippen molar-refractivity contribution < 1.29 is 17.9 Å². The highest BCUT2D eigenvalue weighted by Gasteiger charge is 2.34. The van der Waals surface area contributed by atoms with Gasteiger partial charge in [0.05, 0.1) is 17.9 Å². The van der Waals surface area contributed by atoms with E-state index in [1.807, 2.05) is 39.1 Å². The molecule has 0 spiro atoms. The summed E-state index contributed by atoms with van der Waals surface area (Å²) in [5.74, 6) is -0.147. The van der Waals surface area contributed by atoms with Gasteiger partial charge in [-0.1, -0.05) is 19.8 Å². The molecule has 0 fully saturated rings. The molecule has 8 heteroatoms. The summed E-state index contributed by atoms with van der Waals surface area (Å²) >= 11 is 1.34. The molecule has 31 heavy (non-hydrogen) atoms. The van der Waals surface area contributed by atoms with Gasteiger partial charge in [-0.2, -0.15) is 13.2 Å². The van der Waals surface area contributed by atoms with Crippen molar-refractivity contribution in [2.75, 3.05) is 11.9 Å². The molecule has 4 nitrogen and oxygen atoms in total. The molecule has 0 atom stereocenters. The minimum absolute atomic E-state index is 0.147. The van der Waals surface area contributed by atoms with E-state index in [1.54, 1.807) is 6.07 Å². The molecule has 166 valence electrons. The molecule has 0 unspecified atom stereocenters. The second kappa shape index (κ2) is 9.68. The molecule has 0 saturated carbocycles. The van der Waals surface area contributed by atoms with Crippen LogP contribution in [0.1, 0.15) is 48.7 Å². The Balaban J connectivity index is 1.82. The number of hydrogen-bond acceptors (Lipinski definition) is 5. The van der Waals surface area contributed by atoms with Crippen LogP contribution in [0, 0.1) is 20.8 Å². The summed E-state index contributed by atoms with van der Waals surface area (Å²) in [6.07, 6.45) is -1.88. The molecule has 1 N–H and O–H groups in total. The fourth-order valence-corrected chi connectivity index (χ4v) is 4.19. The Morgan fingerprint density at radius 3 is 2.52 bits per heavy atom. The molecule has 1 aromatic carbocycles. The van der Waals surface area contributed by atoms with E-state index in [0.29, 0.717) is 10.8 Å². The van der Waals surface area contributed by atoms with Gasteiger partial charge < -0.3 is 10.1 Å². The number of anilines is 2. The Labute approximate surface area is 184 Å². The van der Waals surface area contributed by atoms with Crippen LogP contribution in [0.4, 0.5) is 24.0 Å². The second-order valence-corrected chi connectivity index (χ2v) is 8.33. The van der Waals surface area contributed by atoms with E-state index >= 15 is 0 Å². The third-order valence-electron chi connectivity index (χ3n) is 4.83. The molecule has 0 radical (unpaired) electrons. The van der Waals surface area contributed by atoms with Gasteiger partial charge in [0, 0.05) is 28.0 Å². The lowest BCUT2D eigenvalue weighted by Gasteiger charge is -2.15. The van der Waals surface area contributed by atoms with Gasteiger partial charge in [-0.05, 0) is 57.0 Å². The van der Waals surface area contributed by atoms with Crippen LogP contribution in [0.2, 0.25) is 0 Å². The Bertz CT molecular complexity index is 1020. The fourth-order valence-electron chi connectivity index (χ4n) is 3.47. The van der Waals surface area contributed by atoms with Crippen LogP contribution in [0.15, 0.2) is 29.6 Å². The topological polar surface area (TPSA) is 47.0 Å². The number of hydrogen-bond donors (Lipinski definition) is 1. The molecule has 0 saturated heterocycles. The lowest BCUT2D eigenvalue weighted by molar-refractivity contribution is -0.138. The maximum Gasteiger partial charge on any atom is 0.420 e. The zero-order chi connectivity index (χ0) is 22.6. The summed E-state index contributed by atoms with van der Waals surface area (Å²) in [5.41, 5.74) is 4.08. The Hall–Kier alpha value is -2.61. The number of pyridine rings is 1. The number of rotatable bonds is 8. The highest BCUT2D eigenvalue weighted by Crippen LogP contribution is 2.39. The minimum Gasteiger partial charge on any atom is -0.493 e. The van der Waals surface area contributed by atoms with Gasteiger partial charge in [0.1, 0.15) is 5.75 Å². The molecule has 0 aliphatic carbocycles. The quantitative estimate of drug-likeness (QED) is 0.363. The van der Waals surface area contributed by atoms with Crippen LogP contribution in [-0.2, 0) is 6.18 Å². The number of aryl methyl sites for hydroxylation is 3. The summed E-state index contributed by atoms with van der Waals surface area (Å²) in [6, 6.07) is 6.00. The molecule has 3 aromatic rings. The van der Waals surface area contributed by atoms with E-state index in [0.717, 1.165) is 53.5 Å². The first-order valence-corrected chi connectivity index (χ1v) is 11.1. The Morgan fingerprint density at radius 2 is 1.84 bits per heavy atom. The van der Waals surface area contributed by atoms with E-state index in [2.05, 4.69) is 15.3 Å². The van der Waals surface area contributed by atoms with Gasteiger partial charge in [0.15, 0.2) is 5.13 Å². The largest absolute Gasteiger partial charge is 0.493 e. The smallest absolute Gasteiger partial charge is 0.420 e. The van der Waals surface area contributed by atoms with E-state index in [9.17, 15) is 13.2 Å². The van der Waals surface area contributed by atoms with Crippen LogP contribution in [0.25, 0.3) is 11.3 Å². The fraction of sp³-hybridized carbons (Fsp3) is 0.391. The normalized spacial score (nSPS) is 11.6. The zero-order valence-electron chi connectivity index (χ0n) is 18.1. The summed E-state index contributed by atoms with van der Waals surface area (Å²) in [5, 5.41) is 5.38. The number of nitrogens with zero attached hydrogens (tertiary/aromatic N) is 2. The summed E-state index contributed by atoms with van der Waals surface area (Å²) < 4.78 is 46.1. The average molecular weight is 450 g/mol. The maximum absolute atomic E-state index is 13.6. The highest BCUT2D eigenvalue weighted by atomic mass is 32.1. The number of nitrogens with one attached hydrogen (secondary N) is 1. The van der Waals surface area contributed by atoms with Crippen molar-refractivity contribution in [3.8, 4) is 17.0 Å². The molecule has 0 bridgehead atoms. The lowest BCUT2D eigenvalue weighted by Crippen LogP contribution is -2.10. The molecular weight excluding hydrogens is 423 g/mol. The second-order valence-electron chi connectivity index (χ2n) is 7.47. The Morgan fingerprint density at radius 1 is 1.06 bits per heavy atom. The van der Waals surface area contributed by atoms with Gasteiger partial charge in [-0.3, -0.25) is 4.98 Å². The first kappa shape index (κ1) is 23.1.